The molecule has 0 aromatic carbocycles. The van der Waals surface area contributed by atoms with E-state index in [0.717, 1.165) is 0 Å². The number of nitrogens with one attached hydrogen (secondary N) is 1. The lowest BCUT2D eigenvalue weighted by Gasteiger charge is -1.98. The summed E-state index contributed by atoms with van der Waals surface area (Å²) in [4.78, 5) is 14.4. The van der Waals surface area contributed by atoms with Crippen molar-refractivity contribution in [1.82, 2.24) is 4.98 Å². The van der Waals surface area contributed by atoms with Crippen molar-refractivity contribution in [3.05, 3.63) is 20.5 Å². The third-order valence-corrected chi connectivity index (χ3v) is 3.08. The average Bonchev–Trinajstić information content (AvgIpc) is 2.66. The van der Waals surface area contributed by atoms with Gasteiger partial charge in [-0.2, -0.15) is 0 Å². The van der Waals surface area contributed by atoms with Gasteiger partial charge in [0.05, 0.1) is 15.7 Å². The van der Waals surface area contributed by atoms with Gasteiger partial charge in [-0.3, -0.25) is 0 Å². The van der Waals surface area contributed by atoms with Crippen LogP contribution in [0.2, 0.25) is 5.22 Å². The number of aromatic amines is 1. The number of rotatable bonds is 2. The Bertz CT molecular complexity index is 517. The van der Waals surface area contributed by atoms with Crippen LogP contribution in [0.4, 0.5) is 0 Å². The molecule has 15 heavy (non-hydrogen) atoms. The van der Waals surface area contributed by atoms with Crippen molar-refractivity contribution in [3.8, 4) is 0 Å². The van der Waals surface area contributed by atoms with Crippen LogP contribution in [0.25, 0.3) is 11.1 Å². The third-order valence-electron chi connectivity index (χ3n) is 1.86. The van der Waals surface area contributed by atoms with Crippen molar-refractivity contribution >= 4 is 51.3 Å². The molecule has 4 nitrogen and oxygen atoms in total. The number of esters is 1. The van der Waals surface area contributed by atoms with E-state index in [1.165, 1.54) is 0 Å². The Hall–Kier alpha value is -0.690. The van der Waals surface area contributed by atoms with Crippen molar-refractivity contribution in [3.63, 3.8) is 0 Å². The number of halogens is 2. The molecule has 0 bridgehead atoms. The number of furan rings is 1. The zero-order chi connectivity index (χ0) is 11.0. The summed E-state index contributed by atoms with van der Waals surface area (Å²) >= 11 is 7.70. The molecule has 80 valence electrons. The molecule has 2 heterocycles. The highest BCUT2D eigenvalue weighted by Gasteiger charge is 2.19. The highest BCUT2D eigenvalue weighted by molar-refractivity contribution is 14.1. The number of fused-ring (bicyclic) bond motifs is 1. The van der Waals surface area contributed by atoms with Crippen molar-refractivity contribution < 1.29 is 13.9 Å². The maximum atomic E-state index is 11.5. The standard InChI is InChI=1S/C9H7ClINO3/c1-2-14-9(13)7-6(11)8-4(12-7)3-5(10)15-8/h3,12H,2H2,1H3. The lowest BCUT2D eigenvalue weighted by Crippen LogP contribution is -2.06. The molecule has 0 aliphatic carbocycles. The number of H-pyrrole nitrogens is 1. The molecule has 0 saturated carbocycles. The quantitative estimate of drug-likeness (QED) is 0.675. The molecule has 0 unspecified atom stereocenters. The first kappa shape index (κ1) is 10.8. The first-order valence-corrected chi connectivity index (χ1v) is 5.72. The molecule has 0 fully saturated rings. The molecule has 0 saturated heterocycles. The molecule has 0 aliphatic rings. The molecule has 0 atom stereocenters. The van der Waals surface area contributed by atoms with Crippen LogP contribution in [0.15, 0.2) is 10.5 Å². The summed E-state index contributed by atoms with van der Waals surface area (Å²) in [6.07, 6.45) is 0. The summed E-state index contributed by atoms with van der Waals surface area (Å²) in [6.45, 7) is 2.10. The van der Waals surface area contributed by atoms with Crippen LogP contribution in [0.5, 0.6) is 0 Å². The van der Waals surface area contributed by atoms with Crippen LogP contribution in [-0.2, 0) is 4.74 Å². The zero-order valence-corrected chi connectivity index (χ0v) is 10.7. The van der Waals surface area contributed by atoms with Gasteiger partial charge in [0.2, 0.25) is 0 Å². The fraction of sp³-hybridized carbons (Fsp3) is 0.222. The Morgan fingerprint density at radius 3 is 3.07 bits per heavy atom. The fourth-order valence-corrected chi connectivity index (χ4v) is 2.21. The molecule has 0 amide bonds. The summed E-state index contributed by atoms with van der Waals surface area (Å²) in [7, 11) is 0. The Labute approximate surface area is 104 Å². The second-order valence-electron chi connectivity index (χ2n) is 2.83. The molecule has 0 radical (unpaired) electrons. The minimum Gasteiger partial charge on any atom is -0.461 e. The molecule has 2 rings (SSSR count). The molecule has 1 N–H and O–H groups in total. The topological polar surface area (TPSA) is 55.2 Å². The van der Waals surface area contributed by atoms with E-state index in [1.807, 2.05) is 22.6 Å². The SMILES string of the molecule is CCOC(=O)c1[nH]c2cc(Cl)oc2c1I. The smallest absolute Gasteiger partial charge is 0.356 e. The summed E-state index contributed by atoms with van der Waals surface area (Å²) in [5.41, 5.74) is 1.69. The van der Waals surface area contributed by atoms with E-state index in [9.17, 15) is 4.79 Å². The van der Waals surface area contributed by atoms with Gasteiger partial charge in [-0.15, -0.1) is 0 Å². The van der Waals surface area contributed by atoms with Crippen LogP contribution < -0.4 is 0 Å². The Balaban J connectivity index is 2.49. The Morgan fingerprint density at radius 2 is 2.47 bits per heavy atom. The van der Waals surface area contributed by atoms with Crippen molar-refractivity contribution in [2.75, 3.05) is 6.61 Å². The van der Waals surface area contributed by atoms with Gasteiger partial charge in [-0.1, -0.05) is 0 Å². The van der Waals surface area contributed by atoms with Gasteiger partial charge in [-0.05, 0) is 41.1 Å². The minimum atomic E-state index is -0.385. The number of ether oxygens (including phenoxy) is 1. The van der Waals surface area contributed by atoms with Crippen LogP contribution in [0, 0.1) is 3.57 Å². The minimum absolute atomic E-state index is 0.296. The van der Waals surface area contributed by atoms with E-state index >= 15 is 0 Å². The summed E-state index contributed by atoms with van der Waals surface area (Å²) in [6, 6.07) is 1.63. The van der Waals surface area contributed by atoms with Crippen LogP contribution in [0.1, 0.15) is 17.4 Å². The maximum absolute atomic E-state index is 11.5. The van der Waals surface area contributed by atoms with Gasteiger partial charge >= 0.3 is 5.97 Å². The molecule has 0 spiro atoms. The van der Waals surface area contributed by atoms with E-state index in [0.29, 0.717) is 32.2 Å². The van der Waals surface area contributed by atoms with Crippen LogP contribution >= 0.6 is 34.2 Å². The molecular weight excluding hydrogens is 332 g/mol. The molecular formula is C9H7ClINO3. The van der Waals surface area contributed by atoms with Crippen molar-refractivity contribution in [1.29, 1.82) is 0 Å². The van der Waals surface area contributed by atoms with Gasteiger partial charge in [0.25, 0.3) is 0 Å². The van der Waals surface area contributed by atoms with Crippen molar-refractivity contribution in [2.24, 2.45) is 0 Å². The van der Waals surface area contributed by atoms with Crippen molar-refractivity contribution in [2.45, 2.75) is 6.92 Å². The number of aromatic nitrogens is 1. The lowest BCUT2D eigenvalue weighted by molar-refractivity contribution is 0.0519. The molecule has 6 heteroatoms. The van der Waals surface area contributed by atoms with Gasteiger partial charge in [0.1, 0.15) is 5.69 Å². The first-order valence-electron chi connectivity index (χ1n) is 4.27. The molecule has 2 aromatic rings. The second-order valence-corrected chi connectivity index (χ2v) is 4.28. The van der Waals surface area contributed by atoms with Crippen LogP contribution in [-0.4, -0.2) is 17.6 Å². The molecule has 2 aromatic heterocycles. The van der Waals surface area contributed by atoms with E-state index in [4.69, 9.17) is 20.8 Å². The summed E-state index contributed by atoms with van der Waals surface area (Å²) < 4.78 is 10.8. The molecule has 0 aliphatic heterocycles. The number of carbonyl (C=O) groups is 1. The monoisotopic (exact) mass is 339 g/mol. The predicted octanol–water partition coefficient (Wildman–Crippen LogP) is 3.20. The van der Waals surface area contributed by atoms with Gasteiger partial charge in [0, 0.05) is 6.07 Å². The normalized spacial score (nSPS) is 10.9. The zero-order valence-electron chi connectivity index (χ0n) is 7.77. The Morgan fingerprint density at radius 1 is 1.73 bits per heavy atom. The number of carbonyl (C=O) groups excluding carboxylic acids is 1. The number of hydrogen-bond acceptors (Lipinski definition) is 3. The lowest BCUT2D eigenvalue weighted by atomic mass is 10.4. The highest BCUT2D eigenvalue weighted by atomic mass is 127. The van der Waals surface area contributed by atoms with E-state index < -0.39 is 0 Å². The predicted molar refractivity (Wildman–Crippen MR) is 64.2 cm³/mol. The van der Waals surface area contributed by atoms with Gasteiger partial charge in [0.15, 0.2) is 10.8 Å². The highest BCUT2D eigenvalue weighted by Crippen LogP contribution is 2.29. The summed E-state index contributed by atoms with van der Waals surface area (Å²) in [5, 5.41) is 0.296. The van der Waals surface area contributed by atoms with E-state index in [2.05, 4.69) is 4.98 Å². The average molecular weight is 340 g/mol. The van der Waals surface area contributed by atoms with Gasteiger partial charge < -0.3 is 14.1 Å². The third kappa shape index (κ3) is 1.85. The summed E-state index contributed by atoms with van der Waals surface area (Å²) in [5.74, 6) is -0.385. The van der Waals surface area contributed by atoms with Gasteiger partial charge in [-0.25, -0.2) is 4.79 Å². The second kappa shape index (κ2) is 4.05. The van der Waals surface area contributed by atoms with Crippen LogP contribution in [0.3, 0.4) is 0 Å². The fourth-order valence-electron chi connectivity index (χ4n) is 1.26. The van der Waals surface area contributed by atoms with E-state index in [-0.39, 0.29) is 5.97 Å². The van der Waals surface area contributed by atoms with E-state index in [1.54, 1.807) is 13.0 Å². The maximum Gasteiger partial charge on any atom is 0.356 e. The largest absolute Gasteiger partial charge is 0.461 e. The first-order chi connectivity index (χ1) is 7.13. The Kier molecular flexibility index (Phi) is 2.92. The number of hydrogen-bond donors (Lipinski definition) is 1.